The van der Waals surface area contributed by atoms with Crippen molar-refractivity contribution < 1.29 is 9.72 Å². The summed E-state index contributed by atoms with van der Waals surface area (Å²) in [6.07, 6.45) is 0. The molecule has 1 amide bonds. The molecule has 126 valence electrons. The third kappa shape index (κ3) is 4.73. The fourth-order valence-electron chi connectivity index (χ4n) is 2.04. The summed E-state index contributed by atoms with van der Waals surface area (Å²) in [5.74, 6) is -0.0616. The molecule has 0 fully saturated rings. The zero-order chi connectivity index (χ0) is 17.6. The summed E-state index contributed by atoms with van der Waals surface area (Å²) in [5.41, 5.74) is 1.50. The van der Waals surface area contributed by atoms with Crippen LogP contribution in [0.1, 0.15) is 0 Å². The number of anilines is 1. The molecule has 1 N–H and O–H groups in total. The van der Waals surface area contributed by atoms with Gasteiger partial charge in [0.2, 0.25) is 0 Å². The van der Waals surface area contributed by atoms with Crippen LogP contribution in [0.4, 0.5) is 10.8 Å². The molecule has 0 saturated carbocycles. The third-order valence-electron chi connectivity index (χ3n) is 3.24. The van der Waals surface area contributed by atoms with Crippen LogP contribution in [0.3, 0.4) is 0 Å². The summed E-state index contributed by atoms with van der Waals surface area (Å²) >= 11 is 1.42. The van der Waals surface area contributed by atoms with Crippen LogP contribution in [-0.4, -0.2) is 30.8 Å². The number of hydrogen-bond acceptors (Lipinski definition) is 5. The Morgan fingerprint density at radius 1 is 1.16 bits per heavy atom. The zero-order valence-corrected chi connectivity index (χ0v) is 15.4. The SMILES string of the molecule is O=C(C[Se]c1ccccc1)Nc1nc(-c2ccc([N+](=O)[O-])cc2)cs1. The number of amides is 1. The molecule has 0 aliphatic carbocycles. The van der Waals surface area contributed by atoms with Gasteiger partial charge in [0, 0.05) is 0 Å². The van der Waals surface area contributed by atoms with Gasteiger partial charge >= 0.3 is 154 Å². The molecule has 2 aromatic carbocycles. The van der Waals surface area contributed by atoms with Gasteiger partial charge in [-0.15, -0.1) is 0 Å². The van der Waals surface area contributed by atoms with Crippen LogP contribution >= 0.6 is 11.3 Å². The topological polar surface area (TPSA) is 85.1 Å². The number of carbonyl (C=O) groups is 1. The van der Waals surface area contributed by atoms with E-state index < -0.39 is 4.92 Å². The van der Waals surface area contributed by atoms with E-state index in [1.807, 2.05) is 35.7 Å². The Bertz CT molecular complexity index is 882. The van der Waals surface area contributed by atoms with E-state index in [0.717, 1.165) is 5.56 Å². The second-order valence-electron chi connectivity index (χ2n) is 4.99. The van der Waals surface area contributed by atoms with Gasteiger partial charge in [-0.3, -0.25) is 0 Å². The second kappa shape index (κ2) is 8.02. The zero-order valence-electron chi connectivity index (χ0n) is 12.9. The van der Waals surface area contributed by atoms with E-state index in [1.54, 1.807) is 12.1 Å². The van der Waals surface area contributed by atoms with Crippen molar-refractivity contribution in [2.45, 2.75) is 5.32 Å². The first-order valence-electron chi connectivity index (χ1n) is 7.30. The Morgan fingerprint density at radius 3 is 2.56 bits per heavy atom. The molecule has 0 saturated heterocycles. The molecule has 0 spiro atoms. The molecule has 0 aliphatic heterocycles. The first kappa shape index (κ1) is 17.3. The van der Waals surface area contributed by atoms with E-state index in [2.05, 4.69) is 10.3 Å². The van der Waals surface area contributed by atoms with Crippen LogP contribution in [0.2, 0.25) is 5.32 Å². The predicted molar refractivity (Wildman–Crippen MR) is 99.5 cm³/mol. The Hall–Kier alpha value is -2.54. The minimum absolute atomic E-state index is 0.0376. The number of nitro benzene ring substituents is 1. The molecule has 1 heterocycles. The van der Waals surface area contributed by atoms with Crippen LogP contribution in [0.5, 0.6) is 0 Å². The first-order chi connectivity index (χ1) is 12.1. The third-order valence-corrected chi connectivity index (χ3v) is 6.12. The summed E-state index contributed by atoms with van der Waals surface area (Å²) in [6.45, 7) is 0. The maximum atomic E-state index is 12.0. The summed E-state index contributed by atoms with van der Waals surface area (Å²) in [6, 6.07) is 16.1. The van der Waals surface area contributed by atoms with Crippen LogP contribution < -0.4 is 9.78 Å². The van der Waals surface area contributed by atoms with Gasteiger partial charge in [0.05, 0.1) is 0 Å². The van der Waals surface area contributed by atoms with Crippen LogP contribution in [0.15, 0.2) is 60.0 Å². The van der Waals surface area contributed by atoms with Gasteiger partial charge in [0.25, 0.3) is 0 Å². The van der Waals surface area contributed by atoms with Gasteiger partial charge in [-0.2, -0.15) is 0 Å². The second-order valence-corrected chi connectivity index (χ2v) is 8.05. The average Bonchev–Trinajstić information content (AvgIpc) is 3.09. The van der Waals surface area contributed by atoms with Crippen LogP contribution in [0, 0.1) is 10.1 Å². The van der Waals surface area contributed by atoms with Crippen molar-refractivity contribution in [3.8, 4) is 11.3 Å². The normalized spacial score (nSPS) is 10.4. The summed E-state index contributed by atoms with van der Waals surface area (Å²) < 4.78 is 1.18. The Balaban J connectivity index is 1.59. The van der Waals surface area contributed by atoms with Gasteiger partial charge in [-0.1, -0.05) is 0 Å². The van der Waals surface area contributed by atoms with Gasteiger partial charge in [-0.05, 0) is 0 Å². The number of nitrogens with zero attached hydrogens (tertiary/aromatic N) is 2. The molecule has 0 unspecified atom stereocenters. The van der Waals surface area contributed by atoms with Crippen molar-refractivity contribution in [1.82, 2.24) is 4.98 Å². The fraction of sp³-hybridized carbons (Fsp3) is 0.0588. The van der Waals surface area contributed by atoms with Crippen molar-refractivity contribution in [2.24, 2.45) is 0 Å². The van der Waals surface area contributed by atoms with Gasteiger partial charge in [0.1, 0.15) is 0 Å². The minimum atomic E-state index is -0.440. The Labute approximate surface area is 154 Å². The number of rotatable bonds is 6. The standard InChI is InChI=1S/C17H13N3O3SSe/c21-16(11-25-14-4-2-1-3-5-14)19-17-18-15(10-24-17)12-6-8-13(9-7-12)20(22)23/h1-10H,11H2,(H,18,19,21). The molecule has 0 bridgehead atoms. The molecule has 1 aromatic heterocycles. The molecule has 0 aliphatic rings. The number of hydrogen-bond donors (Lipinski definition) is 1. The molecule has 3 rings (SSSR count). The molecular formula is C17H13N3O3SSe. The predicted octanol–water partition coefficient (Wildman–Crippen LogP) is 3.10. The van der Waals surface area contributed by atoms with Gasteiger partial charge in [-0.25, -0.2) is 0 Å². The number of carbonyl (C=O) groups excluding carboxylic acids is 1. The quantitative estimate of drug-likeness (QED) is 0.379. The number of benzene rings is 2. The summed E-state index contributed by atoms with van der Waals surface area (Å²) in [7, 11) is 0. The Kier molecular flexibility index (Phi) is 5.55. The summed E-state index contributed by atoms with van der Waals surface area (Å²) in [4.78, 5) is 26.7. The average molecular weight is 418 g/mol. The number of thiazole rings is 1. The van der Waals surface area contributed by atoms with Crippen molar-refractivity contribution in [3.63, 3.8) is 0 Å². The van der Waals surface area contributed by atoms with E-state index in [9.17, 15) is 14.9 Å². The number of nitro groups is 1. The molecule has 6 nitrogen and oxygen atoms in total. The van der Waals surface area contributed by atoms with E-state index in [-0.39, 0.29) is 26.6 Å². The molecule has 0 atom stereocenters. The van der Waals surface area contributed by atoms with Crippen molar-refractivity contribution in [1.29, 1.82) is 0 Å². The summed E-state index contributed by atoms with van der Waals surface area (Å²) in [5, 5.41) is 16.3. The van der Waals surface area contributed by atoms with Gasteiger partial charge in [0.15, 0.2) is 0 Å². The molecule has 25 heavy (non-hydrogen) atoms. The molecule has 8 heteroatoms. The van der Waals surface area contributed by atoms with E-state index in [0.29, 0.717) is 16.1 Å². The maximum absolute atomic E-state index is 12.0. The number of nitrogens with one attached hydrogen (secondary N) is 1. The van der Waals surface area contributed by atoms with Crippen molar-refractivity contribution >= 4 is 47.5 Å². The van der Waals surface area contributed by atoms with Crippen LogP contribution in [-0.2, 0) is 4.79 Å². The van der Waals surface area contributed by atoms with Gasteiger partial charge < -0.3 is 0 Å². The number of aromatic nitrogens is 1. The van der Waals surface area contributed by atoms with Crippen LogP contribution in [0.25, 0.3) is 11.3 Å². The fourth-order valence-corrected chi connectivity index (χ4v) is 4.28. The van der Waals surface area contributed by atoms with E-state index in [1.165, 1.54) is 27.9 Å². The van der Waals surface area contributed by atoms with E-state index >= 15 is 0 Å². The first-order valence-corrected chi connectivity index (χ1v) is 10.2. The van der Waals surface area contributed by atoms with E-state index in [4.69, 9.17) is 0 Å². The van der Waals surface area contributed by atoms with Crippen molar-refractivity contribution in [2.75, 3.05) is 5.32 Å². The molecule has 0 radical (unpaired) electrons. The molecule has 3 aromatic rings. The molecular weight excluding hydrogens is 405 g/mol. The van der Waals surface area contributed by atoms with Crippen molar-refractivity contribution in [3.05, 3.63) is 70.1 Å². The number of non-ortho nitro benzene ring substituents is 1. The monoisotopic (exact) mass is 419 g/mol. The Morgan fingerprint density at radius 2 is 1.88 bits per heavy atom.